The van der Waals surface area contributed by atoms with E-state index in [1.807, 2.05) is 20.2 Å². The first-order valence-electron chi connectivity index (χ1n) is 7.53. The molecule has 0 fully saturated rings. The summed E-state index contributed by atoms with van der Waals surface area (Å²) >= 11 is 0. The van der Waals surface area contributed by atoms with E-state index in [2.05, 4.69) is 24.1 Å². The van der Waals surface area contributed by atoms with Crippen molar-refractivity contribution in [3.8, 4) is 5.75 Å². The van der Waals surface area contributed by atoms with Crippen molar-refractivity contribution in [1.82, 2.24) is 10.2 Å². The van der Waals surface area contributed by atoms with Gasteiger partial charge in [-0.2, -0.15) is 0 Å². The van der Waals surface area contributed by atoms with Gasteiger partial charge in [-0.05, 0) is 38.1 Å². The summed E-state index contributed by atoms with van der Waals surface area (Å²) in [5, 5.41) is 14.6. The van der Waals surface area contributed by atoms with Gasteiger partial charge in [-0.25, -0.2) is 0 Å². The molecule has 1 atom stereocenters. The smallest absolute Gasteiger partial charge is 0.311 e. The fourth-order valence-corrected chi connectivity index (χ4v) is 2.48. The van der Waals surface area contributed by atoms with Crippen LogP contribution in [0.5, 0.6) is 5.75 Å². The fourth-order valence-electron chi connectivity index (χ4n) is 2.48. The molecule has 0 amide bonds. The van der Waals surface area contributed by atoms with Crippen LogP contribution in [0.15, 0.2) is 18.2 Å². The Bertz CT molecular complexity index is 480. The highest BCUT2D eigenvalue weighted by Crippen LogP contribution is 2.27. The van der Waals surface area contributed by atoms with E-state index in [9.17, 15) is 10.1 Å². The third-order valence-electron chi connectivity index (χ3n) is 3.38. The molecule has 1 rings (SSSR count). The Morgan fingerprint density at radius 3 is 2.55 bits per heavy atom. The lowest BCUT2D eigenvalue weighted by atomic mass is 10.0. The van der Waals surface area contributed by atoms with Gasteiger partial charge >= 0.3 is 5.69 Å². The number of nitrogens with zero attached hydrogens (tertiary/aromatic N) is 2. The minimum Gasteiger partial charge on any atom is -0.490 e. The van der Waals surface area contributed by atoms with Crippen LogP contribution in [0.25, 0.3) is 0 Å². The minimum absolute atomic E-state index is 0.00909. The molecule has 0 saturated heterocycles. The quantitative estimate of drug-likeness (QED) is 0.561. The molecule has 124 valence electrons. The Kier molecular flexibility index (Phi) is 7.27. The lowest BCUT2D eigenvalue weighted by molar-refractivity contribution is -0.385. The van der Waals surface area contributed by atoms with E-state index >= 15 is 0 Å². The third-order valence-corrected chi connectivity index (χ3v) is 3.38. The van der Waals surface area contributed by atoms with Crippen molar-refractivity contribution in [2.45, 2.75) is 32.9 Å². The van der Waals surface area contributed by atoms with Crippen molar-refractivity contribution < 1.29 is 9.66 Å². The molecule has 0 bridgehead atoms. The van der Waals surface area contributed by atoms with Crippen LogP contribution in [0.1, 0.15) is 25.8 Å². The van der Waals surface area contributed by atoms with E-state index in [4.69, 9.17) is 4.74 Å². The van der Waals surface area contributed by atoms with Gasteiger partial charge in [0.25, 0.3) is 0 Å². The summed E-state index contributed by atoms with van der Waals surface area (Å²) in [5.74, 6) is 0.892. The average molecular weight is 309 g/mol. The number of benzene rings is 1. The zero-order valence-electron chi connectivity index (χ0n) is 14.1. The second-order valence-electron chi connectivity index (χ2n) is 6.23. The second-order valence-corrected chi connectivity index (χ2v) is 6.23. The van der Waals surface area contributed by atoms with Crippen LogP contribution in [0.3, 0.4) is 0 Å². The number of likely N-dealkylation sites (N-methyl/N-ethyl adjacent to an activating group) is 1. The highest BCUT2D eigenvalue weighted by atomic mass is 16.6. The largest absolute Gasteiger partial charge is 0.490 e. The van der Waals surface area contributed by atoms with E-state index < -0.39 is 4.92 Å². The van der Waals surface area contributed by atoms with Gasteiger partial charge in [-0.15, -0.1) is 0 Å². The molecule has 0 spiro atoms. The van der Waals surface area contributed by atoms with Crippen LogP contribution >= 0.6 is 0 Å². The Morgan fingerprint density at radius 1 is 1.36 bits per heavy atom. The summed E-state index contributed by atoms with van der Waals surface area (Å²) in [6, 6.07) is 5.45. The van der Waals surface area contributed by atoms with E-state index in [0.717, 1.165) is 18.5 Å². The number of hydrogen-bond acceptors (Lipinski definition) is 5. The summed E-state index contributed by atoms with van der Waals surface area (Å²) in [7, 11) is 5.54. The molecule has 0 saturated carbocycles. The lowest BCUT2D eigenvalue weighted by Crippen LogP contribution is -2.38. The number of nitro benzene ring substituents is 1. The first-order chi connectivity index (χ1) is 10.3. The fraction of sp³-hybridized carbons (Fsp3) is 0.625. The molecule has 0 aliphatic rings. The van der Waals surface area contributed by atoms with E-state index in [-0.39, 0.29) is 5.69 Å². The van der Waals surface area contributed by atoms with Gasteiger partial charge in [0.2, 0.25) is 0 Å². The molecule has 1 unspecified atom stereocenters. The molecule has 0 radical (unpaired) electrons. The maximum absolute atomic E-state index is 11.1. The van der Waals surface area contributed by atoms with Crippen LogP contribution in [0, 0.1) is 16.0 Å². The van der Waals surface area contributed by atoms with Crippen molar-refractivity contribution in [3.63, 3.8) is 0 Å². The van der Waals surface area contributed by atoms with Crippen LogP contribution in [-0.2, 0) is 6.54 Å². The van der Waals surface area contributed by atoms with Crippen molar-refractivity contribution >= 4 is 5.69 Å². The van der Waals surface area contributed by atoms with Crippen LogP contribution in [0.4, 0.5) is 5.69 Å². The highest BCUT2D eigenvalue weighted by molar-refractivity contribution is 5.48. The Morgan fingerprint density at radius 2 is 2.05 bits per heavy atom. The predicted octanol–water partition coefficient (Wildman–Crippen LogP) is 2.67. The molecule has 22 heavy (non-hydrogen) atoms. The van der Waals surface area contributed by atoms with Gasteiger partial charge < -0.3 is 15.0 Å². The van der Waals surface area contributed by atoms with Crippen LogP contribution in [0.2, 0.25) is 0 Å². The number of ether oxygens (including phenoxy) is 1. The summed E-state index contributed by atoms with van der Waals surface area (Å²) in [6.45, 7) is 5.94. The molecule has 0 aliphatic carbocycles. The summed E-state index contributed by atoms with van der Waals surface area (Å²) in [6.07, 6.45) is 1.07. The lowest BCUT2D eigenvalue weighted by Gasteiger charge is -2.24. The van der Waals surface area contributed by atoms with E-state index in [1.165, 1.54) is 7.11 Å². The van der Waals surface area contributed by atoms with Crippen molar-refractivity contribution in [2.75, 3.05) is 27.7 Å². The Labute approximate surface area is 132 Å². The molecule has 1 aromatic rings. The minimum atomic E-state index is -0.409. The molecule has 6 heteroatoms. The monoisotopic (exact) mass is 309 g/mol. The molecule has 1 aromatic carbocycles. The van der Waals surface area contributed by atoms with Crippen LogP contribution in [-0.4, -0.2) is 43.6 Å². The molecule has 0 aliphatic heterocycles. The van der Waals surface area contributed by atoms with Crippen LogP contribution < -0.4 is 10.1 Å². The maximum atomic E-state index is 11.1. The SMILES string of the molecule is COc1ccc(CNC(CC(C)C)CN(C)C)cc1[N+](=O)[O-]. The van der Waals surface area contributed by atoms with Gasteiger partial charge in [0, 0.05) is 25.2 Å². The Hall–Kier alpha value is -1.66. The first kappa shape index (κ1) is 18.4. The average Bonchev–Trinajstić information content (AvgIpc) is 2.43. The van der Waals surface area contributed by atoms with Gasteiger partial charge in [0.05, 0.1) is 12.0 Å². The second kappa shape index (κ2) is 8.70. The molecule has 0 heterocycles. The third kappa shape index (κ3) is 5.99. The number of nitro groups is 1. The summed E-state index contributed by atoms with van der Waals surface area (Å²) < 4.78 is 5.02. The van der Waals surface area contributed by atoms with E-state index in [1.54, 1.807) is 12.1 Å². The predicted molar refractivity (Wildman–Crippen MR) is 88.3 cm³/mol. The van der Waals surface area contributed by atoms with E-state index in [0.29, 0.717) is 24.3 Å². The molecule has 0 aromatic heterocycles. The summed E-state index contributed by atoms with van der Waals surface area (Å²) in [5.41, 5.74) is 0.898. The topological polar surface area (TPSA) is 67.6 Å². The Balaban J connectivity index is 2.76. The zero-order valence-corrected chi connectivity index (χ0v) is 14.1. The number of hydrogen-bond donors (Lipinski definition) is 1. The standard InChI is InChI=1S/C16H27N3O3/c1-12(2)8-14(11-18(3)4)17-10-13-6-7-16(22-5)15(9-13)19(20)21/h6-7,9,12,14,17H,8,10-11H2,1-5H3. The summed E-state index contributed by atoms with van der Waals surface area (Å²) in [4.78, 5) is 12.8. The molecule has 6 nitrogen and oxygen atoms in total. The van der Waals surface area contributed by atoms with Gasteiger partial charge in [-0.1, -0.05) is 19.9 Å². The highest BCUT2D eigenvalue weighted by Gasteiger charge is 2.16. The molecular weight excluding hydrogens is 282 g/mol. The van der Waals surface area contributed by atoms with Crippen molar-refractivity contribution in [3.05, 3.63) is 33.9 Å². The maximum Gasteiger partial charge on any atom is 0.311 e. The molecular formula is C16H27N3O3. The normalized spacial score (nSPS) is 12.7. The van der Waals surface area contributed by atoms with Crippen molar-refractivity contribution in [1.29, 1.82) is 0 Å². The number of methoxy groups -OCH3 is 1. The van der Waals surface area contributed by atoms with Gasteiger partial charge in [-0.3, -0.25) is 10.1 Å². The van der Waals surface area contributed by atoms with Crippen molar-refractivity contribution in [2.24, 2.45) is 5.92 Å². The zero-order chi connectivity index (χ0) is 16.7. The van der Waals surface area contributed by atoms with Gasteiger partial charge in [0.1, 0.15) is 0 Å². The number of nitrogens with one attached hydrogen (secondary N) is 1. The van der Waals surface area contributed by atoms with Gasteiger partial charge in [0.15, 0.2) is 5.75 Å². The number of rotatable bonds is 9. The first-order valence-corrected chi connectivity index (χ1v) is 7.53. The molecule has 1 N–H and O–H groups in total.